The van der Waals surface area contributed by atoms with Crippen LogP contribution in [0.15, 0.2) is 40.4 Å². The van der Waals surface area contributed by atoms with E-state index in [4.69, 9.17) is 9.25 Å². The topological polar surface area (TPSA) is 110 Å². The summed E-state index contributed by atoms with van der Waals surface area (Å²) in [6, 6.07) is 3.31. The van der Waals surface area contributed by atoms with Crippen molar-refractivity contribution in [3.63, 3.8) is 0 Å². The molecular weight excluding hydrogens is 350 g/mol. The molecule has 2 aliphatic rings. The molecule has 4 heterocycles. The Labute approximate surface area is 155 Å². The third-order valence-corrected chi connectivity index (χ3v) is 4.70. The van der Waals surface area contributed by atoms with Gasteiger partial charge in [-0.25, -0.2) is 0 Å². The smallest absolute Gasteiger partial charge is 0.289 e. The predicted molar refractivity (Wildman–Crippen MR) is 93.7 cm³/mol. The maximum absolute atomic E-state index is 12.4. The summed E-state index contributed by atoms with van der Waals surface area (Å²) in [6.45, 7) is 3.02. The minimum Gasteiger partial charge on any atom is -0.459 e. The van der Waals surface area contributed by atoms with Crippen molar-refractivity contribution in [3.8, 4) is 0 Å². The van der Waals surface area contributed by atoms with E-state index in [1.165, 1.54) is 6.26 Å². The van der Waals surface area contributed by atoms with Crippen molar-refractivity contribution in [2.45, 2.75) is 31.9 Å². The van der Waals surface area contributed by atoms with Crippen LogP contribution in [0.1, 0.15) is 34.8 Å². The lowest BCUT2D eigenvalue weighted by Crippen LogP contribution is -2.38. The van der Waals surface area contributed by atoms with Gasteiger partial charge in [-0.1, -0.05) is 5.16 Å². The molecule has 1 spiro atoms. The maximum atomic E-state index is 12.4. The highest BCUT2D eigenvalue weighted by molar-refractivity contribution is 6.39. The molecule has 1 N–H and O–H groups in total. The number of oxime groups is 1. The summed E-state index contributed by atoms with van der Waals surface area (Å²) in [5.41, 5.74) is 1.16. The van der Waals surface area contributed by atoms with Crippen molar-refractivity contribution in [1.29, 1.82) is 0 Å². The molecule has 0 aromatic carbocycles. The van der Waals surface area contributed by atoms with E-state index in [1.54, 1.807) is 29.4 Å². The lowest BCUT2D eigenvalue weighted by Gasteiger charge is -2.21. The highest BCUT2D eigenvalue weighted by Crippen LogP contribution is 2.34. The normalized spacial score (nSPS) is 21.2. The number of amides is 2. The van der Waals surface area contributed by atoms with Crippen molar-refractivity contribution in [2.24, 2.45) is 5.16 Å². The van der Waals surface area contributed by atoms with E-state index in [2.05, 4.69) is 20.4 Å². The number of furan rings is 1. The van der Waals surface area contributed by atoms with Gasteiger partial charge in [-0.3, -0.25) is 19.6 Å². The van der Waals surface area contributed by atoms with Gasteiger partial charge < -0.3 is 19.5 Å². The molecule has 0 aliphatic carbocycles. The Morgan fingerprint density at radius 2 is 2.22 bits per heavy atom. The van der Waals surface area contributed by atoms with Gasteiger partial charge in [0.05, 0.1) is 36.9 Å². The van der Waals surface area contributed by atoms with Crippen LogP contribution < -0.4 is 5.32 Å². The highest BCUT2D eigenvalue weighted by Gasteiger charge is 2.48. The Balaban J connectivity index is 1.32. The van der Waals surface area contributed by atoms with Gasteiger partial charge in [0.2, 0.25) is 0 Å². The molecule has 2 amide bonds. The highest BCUT2D eigenvalue weighted by atomic mass is 16.7. The number of aromatic nitrogens is 2. The number of carbonyl (C=O) groups is 2. The van der Waals surface area contributed by atoms with E-state index >= 15 is 0 Å². The second kappa shape index (κ2) is 6.82. The first-order chi connectivity index (χ1) is 13.0. The average Bonchev–Trinajstić information content (AvgIpc) is 3.43. The Kier molecular flexibility index (Phi) is 4.35. The number of rotatable bonds is 4. The fraction of sp³-hybridized carbons (Fsp3) is 0.389. The van der Waals surface area contributed by atoms with Crippen LogP contribution in [-0.4, -0.2) is 51.1 Å². The fourth-order valence-corrected chi connectivity index (χ4v) is 3.22. The molecule has 4 rings (SSSR count). The molecule has 2 aromatic heterocycles. The van der Waals surface area contributed by atoms with E-state index in [0.29, 0.717) is 43.1 Å². The number of aryl methyl sites for hydroxylation is 1. The molecule has 9 nitrogen and oxygen atoms in total. The molecule has 27 heavy (non-hydrogen) atoms. The van der Waals surface area contributed by atoms with E-state index in [0.717, 1.165) is 5.69 Å². The molecule has 0 radical (unpaired) electrons. The van der Waals surface area contributed by atoms with Gasteiger partial charge in [0.15, 0.2) is 11.4 Å². The molecule has 2 aliphatic heterocycles. The van der Waals surface area contributed by atoms with Gasteiger partial charge in [-0.15, -0.1) is 0 Å². The van der Waals surface area contributed by atoms with Gasteiger partial charge in [0, 0.05) is 25.6 Å². The number of likely N-dealkylation sites (tertiary alicyclic amines) is 1. The van der Waals surface area contributed by atoms with Crippen LogP contribution in [0.2, 0.25) is 0 Å². The van der Waals surface area contributed by atoms with Crippen molar-refractivity contribution in [1.82, 2.24) is 20.2 Å². The Morgan fingerprint density at radius 1 is 1.33 bits per heavy atom. The quantitative estimate of drug-likeness (QED) is 0.863. The van der Waals surface area contributed by atoms with Crippen LogP contribution in [0.3, 0.4) is 0 Å². The first-order valence-electron chi connectivity index (χ1n) is 8.68. The van der Waals surface area contributed by atoms with Crippen LogP contribution in [0, 0.1) is 6.92 Å². The summed E-state index contributed by atoms with van der Waals surface area (Å²) in [5, 5.41) is 6.74. The second-order valence-electron chi connectivity index (χ2n) is 6.77. The van der Waals surface area contributed by atoms with Gasteiger partial charge in [-0.05, 0) is 19.1 Å². The summed E-state index contributed by atoms with van der Waals surface area (Å²) in [7, 11) is 0. The van der Waals surface area contributed by atoms with Crippen molar-refractivity contribution < 1.29 is 18.8 Å². The molecule has 2 aromatic rings. The minimum absolute atomic E-state index is 0.184. The van der Waals surface area contributed by atoms with Crippen LogP contribution >= 0.6 is 0 Å². The van der Waals surface area contributed by atoms with Crippen molar-refractivity contribution in [3.05, 3.63) is 47.9 Å². The molecule has 9 heteroatoms. The van der Waals surface area contributed by atoms with E-state index in [1.807, 2.05) is 6.92 Å². The Bertz CT molecular complexity index is 878. The fourth-order valence-electron chi connectivity index (χ4n) is 3.22. The number of hydrogen-bond acceptors (Lipinski definition) is 7. The van der Waals surface area contributed by atoms with Crippen LogP contribution in [0.4, 0.5) is 0 Å². The standard InChI is InChI=1S/C18H19N5O4/c1-12-8-20-13(9-19-12)10-21-16(24)14-7-18(27-22-14)4-5-23(11-18)17(25)15-3-2-6-26-15/h2-3,6,8-9H,4-5,7,10-11H2,1H3,(H,21,24). The minimum atomic E-state index is -0.640. The van der Waals surface area contributed by atoms with E-state index in [-0.39, 0.29) is 18.4 Å². The maximum Gasteiger partial charge on any atom is 0.289 e. The third-order valence-electron chi connectivity index (χ3n) is 4.70. The predicted octanol–water partition coefficient (Wildman–Crippen LogP) is 1.06. The SMILES string of the molecule is Cc1cnc(CNC(=O)C2=NOC3(CCN(C(=O)c4ccco4)C3)C2)cn1. The third kappa shape index (κ3) is 3.53. The molecular formula is C18H19N5O4. The molecule has 1 fully saturated rings. The molecule has 1 unspecified atom stereocenters. The lowest BCUT2D eigenvalue weighted by atomic mass is 9.96. The molecule has 140 valence electrons. The molecule has 0 saturated carbocycles. The van der Waals surface area contributed by atoms with E-state index < -0.39 is 5.60 Å². The zero-order chi connectivity index (χ0) is 18.9. The zero-order valence-electron chi connectivity index (χ0n) is 14.8. The van der Waals surface area contributed by atoms with Gasteiger partial charge in [-0.2, -0.15) is 0 Å². The summed E-state index contributed by atoms with van der Waals surface area (Å²) < 4.78 is 5.16. The number of hydrogen-bond donors (Lipinski definition) is 1. The van der Waals surface area contributed by atoms with Gasteiger partial charge >= 0.3 is 0 Å². The summed E-state index contributed by atoms with van der Waals surface area (Å²) >= 11 is 0. The molecule has 1 saturated heterocycles. The van der Waals surface area contributed by atoms with Crippen LogP contribution in [0.5, 0.6) is 0 Å². The van der Waals surface area contributed by atoms with Crippen LogP contribution in [-0.2, 0) is 16.2 Å². The number of nitrogens with zero attached hydrogens (tertiary/aromatic N) is 4. The van der Waals surface area contributed by atoms with Gasteiger partial charge in [0.25, 0.3) is 11.8 Å². The Hall–Kier alpha value is -3.23. The zero-order valence-corrected chi connectivity index (χ0v) is 14.8. The summed E-state index contributed by atoms with van der Waals surface area (Å²) in [5.74, 6) is -0.190. The number of nitrogens with one attached hydrogen (secondary N) is 1. The van der Waals surface area contributed by atoms with Crippen molar-refractivity contribution in [2.75, 3.05) is 13.1 Å². The summed E-state index contributed by atoms with van der Waals surface area (Å²) in [4.78, 5) is 40.3. The first-order valence-corrected chi connectivity index (χ1v) is 8.68. The molecule has 1 atom stereocenters. The summed E-state index contributed by atoms with van der Waals surface area (Å²) in [6.07, 6.45) is 5.72. The Morgan fingerprint density at radius 3 is 2.96 bits per heavy atom. The lowest BCUT2D eigenvalue weighted by molar-refractivity contribution is -0.115. The average molecular weight is 369 g/mol. The number of carbonyl (C=O) groups excluding carboxylic acids is 2. The monoisotopic (exact) mass is 369 g/mol. The van der Waals surface area contributed by atoms with Crippen molar-refractivity contribution >= 4 is 17.5 Å². The second-order valence-corrected chi connectivity index (χ2v) is 6.77. The first kappa shape index (κ1) is 17.2. The van der Waals surface area contributed by atoms with Crippen LogP contribution in [0.25, 0.3) is 0 Å². The largest absolute Gasteiger partial charge is 0.459 e. The van der Waals surface area contributed by atoms with Gasteiger partial charge in [0.1, 0.15) is 5.71 Å². The van der Waals surface area contributed by atoms with E-state index in [9.17, 15) is 9.59 Å². The molecule has 0 bridgehead atoms.